The van der Waals surface area contributed by atoms with E-state index in [1.54, 1.807) is 6.33 Å². The van der Waals surface area contributed by atoms with E-state index in [2.05, 4.69) is 47.9 Å². The third-order valence-corrected chi connectivity index (χ3v) is 5.40. The maximum atomic E-state index is 4.65. The van der Waals surface area contributed by atoms with E-state index in [4.69, 9.17) is 0 Å². The number of nitrogens with one attached hydrogen (secondary N) is 1. The van der Waals surface area contributed by atoms with Gasteiger partial charge in [0.1, 0.15) is 23.6 Å². The number of anilines is 2. The number of pyridine rings is 1. The van der Waals surface area contributed by atoms with Gasteiger partial charge in [-0.25, -0.2) is 15.0 Å². The lowest BCUT2D eigenvalue weighted by atomic mass is 9.94. The molecule has 2 aliphatic rings. The Balaban J connectivity index is 1.47. The van der Waals surface area contributed by atoms with Crippen LogP contribution in [-0.2, 0) is 6.42 Å². The maximum Gasteiger partial charge on any atom is 0.137 e. The van der Waals surface area contributed by atoms with Crippen molar-refractivity contribution in [3.8, 4) is 0 Å². The minimum Gasteiger partial charge on any atom is -0.370 e. The molecule has 6 heteroatoms. The van der Waals surface area contributed by atoms with E-state index < -0.39 is 0 Å². The number of hydrogen-bond acceptors (Lipinski definition) is 5. The van der Waals surface area contributed by atoms with E-state index in [0.717, 1.165) is 49.8 Å². The van der Waals surface area contributed by atoms with Gasteiger partial charge >= 0.3 is 0 Å². The monoisotopic (exact) mass is 334 g/mol. The minimum atomic E-state index is 0.480. The highest BCUT2D eigenvalue weighted by Gasteiger charge is 2.27. The molecular formula is C19H22N6. The van der Waals surface area contributed by atoms with Crippen LogP contribution in [0.4, 0.5) is 11.6 Å². The molecule has 5 rings (SSSR count). The fraction of sp³-hybridized carbons (Fsp3) is 0.421. The summed E-state index contributed by atoms with van der Waals surface area (Å²) in [6.07, 6.45) is 10.5. The molecule has 3 aromatic heterocycles. The number of nitrogens with zero attached hydrogens (tertiary/aromatic N) is 5. The van der Waals surface area contributed by atoms with Crippen LogP contribution in [0.5, 0.6) is 0 Å². The number of hydrogen-bond donors (Lipinski definition) is 1. The molecule has 0 bridgehead atoms. The molecule has 0 radical (unpaired) electrons. The molecule has 1 atom stereocenters. The van der Waals surface area contributed by atoms with Gasteiger partial charge in [-0.15, -0.1) is 0 Å². The van der Waals surface area contributed by atoms with E-state index in [1.165, 1.54) is 24.1 Å². The molecule has 1 fully saturated rings. The van der Waals surface area contributed by atoms with Crippen LogP contribution in [-0.4, -0.2) is 39.0 Å². The Morgan fingerprint density at radius 3 is 3.12 bits per heavy atom. The first kappa shape index (κ1) is 14.7. The van der Waals surface area contributed by atoms with Crippen molar-refractivity contribution in [3.05, 3.63) is 48.2 Å². The van der Waals surface area contributed by atoms with Crippen molar-refractivity contribution in [1.29, 1.82) is 0 Å². The van der Waals surface area contributed by atoms with Crippen LogP contribution >= 0.6 is 0 Å². The minimum absolute atomic E-state index is 0.480. The Kier molecular flexibility index (Phi) is 3.54. The molecule has 1 N–H and O–H groups in total. The normalized spacial score (nSPS) is 20.3. The van der Waals surface area contributed by atoms with Crippen LogP contribution < -0.4 is 10.2 Å². The Bertz CT molecular complexity index is 902. The van der Waals surface area contributed by atoms with Crippen LogP contribution in [0.3, 0.4) is 0 Å². The van der Waals surface area contributed by atoms with E-state index in [-0.39, 0.29) is 0 Å². The molecule has 1 saturated heterocycles. The van der Waals surface area contributed by atoms with Crippen LogP contribution in [0, 0.1) is 0 Å². The van der Waals surface area contributed by atoms with Crippen molar-refractivity contribution in [3.63, 3.8) is 0 Å². The Morgan fingerprint density at radius 2 is 2.12 bits per heavy atom. The molecule has 3 aromatic rings. The molecular weight excluding hydrogens is 312 g/mol. The molecule has 128 valence electrons. The highest BCUT2D eigenvalue weighted by Crippen LogP contribution is 2.33. The van der Waals surface area contributed by atoms with Crippen LogP contribution in [0.25, 0.3) is 5.65 Å². The number of piperidine rings is 1. The Labute approximate surface area is 146 Å². The highest BCUT2D eigenvalue weighted by molar-refractivity contribution is 5.60. The van der Waals surface area contributed by atoms with E-state index in [0.29, 0.717) is 5.92 Å². The van der Waals surface area contributed by atoms with E-state index >= 15 is 0 Å². The maximum absolute atomic E-state index is 4.65. The van der Waals surface area contributed by atoms with Crippen molar-refractivity contribution in [2.75, 3.05) is 29.9 Å². The molecule has 6 nitrogen and oxygen atoms in total. The molecule has 0 amide bonds. The summed E-state index contributed by atoms with van der Waals surface area (Å²) in [6.45, 7) is 3.07. The van der Waals surface area contributed by atoms with Crippen molar-refractivity contribution in [1.82, 2.24) is 19.4 Å². The first-order valence-electron chi connectivity index (χ1n) is 9.15. The average Bonchev–Trinajstić information content (AvgIpc) is 3.12. The second-order valence-electron chi connectivity index (χ2n) is 6.95. The topological polar surface area (TPSA) is 58.4 Å². The largest absolute Gasteiger partial charge is 0.370 e. The molecule has 0 spiro atoms. The Morgan fingerprint density at radius 1 is 1.12 bits per heavy atom. The van der Waals surface area contributed by atoms with E-state index in [1.807, 2.05) is 12.3 Å². The van der Waals surface area contributed by atoms with Gasteiger partial charge in [-0.2, -0.15) is 0 Å². The van der Waals surface area contributed by atoms with Gasteiger partial charge in [0.2, 0.25) is 0 Å². The van der Waals surface area contributed by atoms with E-state index in [9.17, 15) is 0 Å². The van der Waals surface area contributed by atoms with Gasteiger partial charge in [-0.3, -0.25) is 0 Å². The predicted molar refractivity (Wildman–Crippen MR) is 98.2 cm³/mol. The smallest absolute Gasteiger partial charge is 0.137 e. The molecule has 5 heterocycles. The number of fused-ring (bicyclic) bond motifs is 2. The van der Waals surface area contributed by atoms with Crippen molar-refractivity contribution < 1.29 is 0 Å². The van der Waals surface area contributed by atoms with Gasteiger partial charge < -0.3 is 14.6 Å². The Hall–Kier alpha value is -2.63. The summed E-state index contributed by atoms with van der Waals surface area (Å²) in [5.41, 5.74) is 3.62. The first-order valence-corrected chi connectivity index (χ1v) is 9.15. The van der Waals surface area contributed by atoms with Crippen molar-refractivity contribution >= 4 is 17.3 Å². The van der Waals surface area contributed by atoms with Gasteiger partial charge in [0, 0.05) is 49.2 Å². The average molecular weight is 334 g/mol. The molecule has 0 saturated carbocycles. The lowest BCUT2D eigenvalue weighted by molar-refractivity contribution is 0.495. The summed E-state index contributed by atoms with van der Waals surface area (Å²) in [6, 6.07) is 6.18. The summed E-state index contributed by atoms with van der Waals surface area (Å²) in [5.74, 6) is 2.62. The van der Waals surface area contributed by atoms with Crippen molar-refractivity contribution in [2.45, 2.75) is 31.6 Å². The van der Waals surface area contributed by atoms with Gasteiger partial charge in [0.05, 0.1) is 0 Å². The lowest BCUT2D eigenvalue weighted by Gasteiger charge is -2.35. The second kappa shape index (κ2) is 6.02. The number of imidazole rings is 1. The highest BCUT2D eigenvalue weighted by atomic mass is 15.2. The van der Waals surface area contributed by atoms with Crippen LogP contribution in [0.15, 0.2) is 36.9 Å². The summed E-state index contributed by atoms with van der Waals surface area (Å²) in [4.78, 5) is 16.1. The summed E-state index contributed by atoms with van der Waals surface area (Å²) in [7, 11) is 0. The van der Waals surface area contributed by atoms with Gasteiger partial charge in [-0.05, 0) is 37.8 Å². The fourth-order valence-corrected chi connectivity index (χ4v) is 4.20. The van der Waals surface area contributed by atoms with Crippen LogP contribution in [0.1, 0.15) is 36.4 Å². The third-order valence-electron chi connectivity index (χ3n) is 5.40. The van der Waals surface area contributed by atoms with Gasteiger partial charge in [0.25, 0.3) is 0 Å². The molecule has 1 unspecified atom stereocenters. The molecule has 0 aromatic carbocycles. The number of rotatable bonds is 2. The lowest BCUT2D eigenvalue weighted by Crippen LogP contribution is -2.36. The van der Waals surface area contributed by atoms with Gasteiger partial charge in [0.15, 0.2) is 0 Å². The number of aromatic nitrogens is 4. The second-order valence-corrected chi connectivity index (χ2v) is 6.95. The SMILES string of the molecule is c1ccn2c(C3CCCN(c4ncnc5c4CCCN5)C3)cnc2c1. The van der Waals surface area contributed by atoms with Crippen LogP contribution in [0.2, 0.25) is 0 Å². The van der Waals surface area contributed by atoms with Crippen molar-refractivity contribution in [2.24, 2.45) is 0 Å². The first-order chi connectivity index (χ1) is 12.4. The molecule has 25 heavy (non-hydrogen) atoms. The third kappa shape index (κ3) is 2.52. The zero-order valence-corrected chi connectivity index (χ0v) is 14.2. The summed E-state index contributed by atoms with van der Waals surface area (Å²) >= 11 is 0. The molecule has 0 aliphatic carbocycles. The standard InChI is InChI=1S/C19H22N6/c1-2-10-25-16(11-21-17(25)7-1)14-5-4-9-24(12-14)19-15-6-3-8-20-18(15)22-13-23-19/h1-2,7,10-11,13-14H,3-6,8-9,12H2,(H,20,22,23). The zero-order valence-electron chi connectivity index (χ0n) is 14.2. The quantitative estimate of drug-likeness (QED) is 0.781. The zero-order chi connectivity index (χ0) is 16.6. The summed E-state index contributed by atoms with van der Waals surface area (Å²) < 4.78 is 2.23. The van der Waals surface area contributed by atoms with Gasteiger partial charge in [-0.1, -0.05) is 6.07 Å². The fourth-order valence-electron chi connectivity index (χ4n) is 4.20. The predicted octanol–water partition coefficient (Wildman–Crippen LogP) is 2.87. The summed E-state index contributed by atoms with van der Waals surface area (Å²) in [5, 5.41) is 3.41. The molecule has 2 aliphatic heterocycles.